The van der Waals surface area contributed by atoms with Crippen LogP contribution in [0, 0.1) is 0 Å². The lowest BCUT2D eigenvalue weighted by atomic mass is 10.1. The van der Waals surface area contributed by atoms with E-state index in [1.807, 2.05) is 65.7 Å². The SMILES string of the molecule is O=C(Cc1c[nH]c2ccccc12)N1CCN(C(=O)Nc2ccccc2)CC1. The van der Waals surface area contributed by atoms with Crippen molar-refractivity contribution in [1.29, 1.82) is 0 Å². The molecular weight excluding hydrogens is 340 g/mol. The smallest absolute Gasteiger partial charge is 0.321 e. The van der Waals surface area contributed by atoms with Gasteiger partial charge in [-0.25, -0.2) is 4.79 Å². The highest BCUT2D eigenvalue weighted by Gasteiger charge is 2.24. The normalized spacial score (nSPS) is 14.4. The lowest BCUT2D eigenvalue weighted by molar-refractivity contribution is -0.131. The predicted molar refractivity (Wildman–Crippen MR) is 106 cm³/mol. The second-order valence-corrected chi connectivity index (χ2v) is 6.70. The third-order valence-corrected chi connectivity index (χ3v) is 4.96. The van der Waals surface area contributed by atoms with Crippen LogP contribution in [0.2, 0.25) is 0 Å². The number of hydrogen-bond acceptors (Lipinski definition) is 2. The summed E-state index contributed by atoms with van der Waals surface area (Å²) in [7, 11) is 0. The van der Waals surface area contributed by atoms with Gasteiger partial charge in [-0.1, -0.05) is 36.4 Å². The number of aromatic amines is 1. The molecule has 2 aromatic carbocycles. The van der Waals surface area contributed by atoms with E-state index < -0.39 is 0 Å². The van der Waals surface area contributed by atoms with Crippen molar-refractivity contribution >= 4 is 28.5 Å². The Morgan fingerprint density at radius 3 is 2.33 bits per heavy atom. The standard InChI is InChI=1S/C21H22N4O2/c26-20(14-16-15-22-19-9-5-4-8-18(16)19)24-10-12-25(13-11-24)21(27)23-17-6-2-1-3-7-17/h1-9,15,22H,10-14H2,(H,23,27). The molecule has 1 aromatic heterocycles. The van der Waals surface area contributed by atoms with Crippen LogP contribution in [0.25, 0.3) is 10.9 Å². The van der Waals surface area contributed by atoms with Crippen LogP contribution in [-0.4, -0.2) is 52.9 Å². The molecule has 1 aliphatic heterocycles. The molecule has 0 bridgehead atoms. The first-order valence-electron chi connectivity index (χ1n) is 9.14. The Kier molecular flexibility index (Phi) is 4.78. The molecule has 1 saturated heterocycles. The zero-order chi connectivity index (χ0) is 18.6. The van der Waals surface area contributed by atoms with E-state index in [1.165, 1.54) is 0 Å². The van der Waals surface area contributed by atoms with Gasteiger partial charge in [-0.3, -0.25) is 4.79 Å². The van der Waals surface area contributed by atoms with E-state index in [-0.39, 0.29) is 11.9 Å². The largest absolute Gasteiger partial charge is 0.361 e. The maximum absolute atomic E-state index is 12.7. The highest BCUT2D eigenvalue weighted by molar-refractivity contribution is 5.90. The quantitative estimate of drug-likeness (QED) is 0.752. The number of fused-ring (bicyclic) bond motifs is 1. The molecule has 3 aromatic rings. The van der Waals surface area contributed by atoms with E-state index in [4.69, 9.17) is 0 Å². The number of piperazine rings is 1. The van der Waals surface area contributed by atoms with Gasteiger partial charge in [-0.2, -0.15) is 0 Å². The van der Waals surface area contributed by atoms with Gasteiger partial charge < -0.3 is 20.1 Å². The first-order valence-corrected chi connectivity index (χ1v) is 9.14. The van der Waals surface area contributed by atoms with Gasteiger partial charge in [0.25, 0.3) is 0 Å². The topological polar surface area (TPSA) is 68.4 Å². The fraction of sp³-hybridized carbons (Fsp3) is 0.238. The Morgan fingerprint density at radius 1 is 0.889 bits per heavy atom. The molecule has 2 heterocycles. The number of H-pyrrole nitrogens is 1. The van der Waals surface area contributed by atoms with Crippen molar-refractivity contribution in [1.82, 2.24) is 14.8 Å². The number of nitrogens with one attached hydrogen (secondary N) is 2. The molecule has 6 heteroatoms. The number of para-hydroxylation sites is 2. The fourth-order valence-corrected chi connectivity index (χ4v) is 3.44. The predicted octanol–water partition coefficient (Wildman–Crippen LogP) is 3.09. The number of aromatic nitrogens is 1. The van der Waals surface area contributed by atoms with Crippen LogP contribution in [0.5, 0.6) is 0 Å². The molecule has 3 amide bonds. The van der Waals surface area contributed by atoms with Gasteiger partial charge in [-0.15, -0.1) is 0 Å². The van der Waals surface area contributed by atoms with Gasteiger partial charge in [-0.05, 0) is 23.8 Å². The molecule has 0 unspecified atom stereocenters. The minimum atomic E-state index is -0.120. The molecule has 0 saturated carbocycles. The summed E-state index contributed by atoms with van der Waals surface area (Å²) < 4.78 is 0. The van der Waals surface area contributed by atoms with E-state index >= 15 is 0 Å². The minimum Gasteiger partial charge on any atom is -0.361 e. The number of urea groups is 1. The number of benzene rings is 2. The molecule has 1 fully saturated rings. The molecule has 1 aliphatic rings. The van der Waals surface area contributed by atoms with Gasteiger partial charge in [0.15, 0.2) is 0 Å². The Bertz CT molecular complexity index is 943. The molecule has 6 nitrogen and oxygen atoms in total. The lowest BCUT2D eigenvalue weighted by Crippen LogP contribution is -2.52. The minimum absolute atomic E-state index is 0.0999. The van der Waals surface area contributed by atoms with Gasteiger partial charge in [0.05, 0.1) is 6.42 Å². The van der Waals surface area contributed by atoms with Crippen molar-refractivity contribution in [2.24, 2.45) is 0 Å². The lowest BCUT2D eigenvalue weighted by Gasteiger charge is -2.34. The van der Waals surface area contributed by atoms with Crippen molar-refractivity contribution < 1.29 is 9.59 Å². The van der Waals surface area contributed by atoms with Crippen molar-refractivity contribution in [3.63, 3.8) is 0 Å². The third-order valence-electron chi connectivity index (χ3n) is 4.96. The summed E-state index contributed by atoms with van der Waals surface area (Å²) in [6, 6.07) is 17.3. The van der Waals surface area contributed by atoms with Crippen molar-refractivity contribution in [3.8, 4) is 0 Å². The van der Waals surface area contributed by atoms with Crippen LogP contribution >= 0.6 is 0 Å². The Labute approximate surface area is 157 Å². The number of anilines is 1. The van der Waals surface area contributed by atoms with Crippen molar-refractivity contribution in [2.45, 2.75) is 6.42 Å². The maximum atomic E-state index is 12.7. The van der Waals surface area contributed by atoms with Crippen LogP contribution in [0.3, 0.4) is 0 Å². The number of nitrogens with zero attached hydrogens (tertiary/aromatic N) is 2. The Balaban J connectivity index is 1.32. The summed E-state index contributed by atoms with van der Waals surface area (Å²) >= 11 is 0. The summed E-state index contributed by atoms with van der Waals surface area (Å²) in [5, 5.41) is 3.98. The van der Waals surface area contributed by atoms with Crippen LogP contribution in [0.15, 0.2) is 60.8 Å². The number of amides is 3. The van der Waals surface area contributed by atoms with E-state index in [0.717, 1.165) is 22.2 Å². The highest BCUT2D eigenvalue weighted by atomic mass is 16.2. The van der Waals surface area contributed by atoms with Gasteiger partial charge >= 0.3 is 6.03 Å². The number of rotatable bonds is 3. The summed E-state index contributed by atoms with van der Waals surface area (Å²) in [6.45, 7) is 2.20. The molecule has 0 radical (unpaired) electrons. The maximum Gasteiger partial charge on any atom is 0.321 e. The molecule has 138 valence electrons. The summed E-state index contributed by atoms with van der Waals surface area (Å²) in [6.07, 6.45) is 2.28. The van der Waals surface area contributed by atoms with E-state index in [0.29, 0.717) is 32.6 Å². The zero-order valence-corrected chi connectivity index (χ0v) is 15.0. The summed E-state index contributed by atoms with van der Waals surface area (Å²) in [5.41, 5.74) is 2.84. The molecule has 0 spiro atoms. The van der Waals surface area contributed by atoms with Gasteiger partial charge in [0, 0.05) is 49.0 Å². The first kappa shape index (κ1) is 17.1. The summed E-state index contributed by atoms with van der Waals surface area (Å²) in [4.78, 5) is 31.8. The fourth-order valence-electron chi connectivity index (χ4n) is 3.44. The average Bonchev–Trinajstić information content (AvgIpc) is 3.12. The molecular formula is C21H22N4O2. The summed E-state index contributed by atoms with van der Waals surface area (Å²) in [5.74, 6) is 0.0999. The zero-order valence-electron chi connectivity index (χ0n) is 15.0. The van der Waals surface area contributed by atoms with Crippen LogP contribution < -0.4 is 5.32 Å². The van der Waals surface area contributed by atoms with Gasteiger partial charge in [0.1, 0.15) is 0 Å². The second kappa shape index (κ2) is 7.53. The Hall–Kier alpha value is -3.28. The number of carbonyl (C=O) groups is 2. The number of carbonyl (C=O) groups excluding carboxylic acids is 2. The van der Waals surface area contributed by atoms with Crippen molar-refractivity contribution in [2.75, 3.05) is 31.5 Å². The highest BCUT2D eigenvalue weighted by Crippen LogP contribution is 2.19. The van der Waals surface area contributed by atoms with E-state index in [2.05, 4.69) is 10.3 Å². The monoisotopic (exact) mass is 362 g/mol. The van der Waals surface area contributed by atoms with Crippen LogP contribution in [-0.2, 0) is 11.2 Å². The second-order valence-electron chi connectivity index (χ2n) is 6.70. The molecule has 27 heavy (non-hydrogen) atoms. The van der Waals surface area contributed by atoms with E-state index in [1.54, 1.807) is 4.90 Å². The Morgan fingerprint density at radius 2 is 1.56 bits per heavy atom. The molecule has 0 atom stereocenters. The third kappa shape index (κ3) is 3.79. The first-order chi connectivity index (χ1) is 13.2. The van der Waals surface area contributed by atoms with Crippen LogP contribution in [0.4, 0.5) is 10.5 Å². The molecule has 4 rings (SSSR count). The average molecular weight is 362 g/mol. The molecule has 0 aliphatic carbocycles. The van der Waals surface area contributed by atoms with Crippen LogP contribution in [0.1, 0.15) is 5.56 Å². The molecule has 2 N–H and O–H groups in total. The van der Waals surface area contributed by atoms with Crippen molar-refractivity contribution in [3.05, 3.63) is 66.4 Å². The van der Waals surface area contributed by atoms with Gasteiger partial charge in [0.2, 0.25) is 5.91 Å². The number of hydrogen-bond donors (Lipinski definition) is 2. The van der Waals surface area contributed by atoms with E-state index in [9.17, 15) is 9.59 Å².